The van der Waals surface area contributed by atoms with Crippen molar-refractivity contribution in [2.75, 3.05) is 11.6 Å². The first-order chi connectivity index (χ1) is 11.8. The number of carbonyl (C=O) groups is 1. The topological polar surface area (TPSA) is 42.0 Å². The number of pyridine rings is 1. The molecule has 2 heterocycles. The van der Waals surface area contributed by atoms with E-state index in [0.717, 1.165) is 10.4 Å². The molecule has 0 saturated heterocycles. The lowest BCUT2D eigenvalue weighted by Gasteiger charge is -2.08. The molecule has 3 nitrogen and oxygen atoms in total. The lowest BCUT2D eigenvalue weighted by atomic mass is 10.2. The van der Waals surface area contributed by atoms with E-state index in [2.05, 4.69) is 22.1 Å². The van der Waals surface area contributed by atoms with Crippen molar-refractivity contribution in [3.8, 4) is 11.8 Å². The third-order valence-electron chi connectivity index (χ3n) is 3.18. The molecule has 3 aromatic rings. The lowest BCUT2D eigenvalue weighted by Crippen LogP contribution is -2.13. The number of aromatic nitrogens is 1. The Morgan fingerprint density at radius 3 is 2.88 bits per heavy atom. The minimum Gasteiger partial charge on any atom is -0.322 e. The van der Waals surface area contributed by atoms with Gasteiger partial charge in [0, 0.05) is 17.4 Å². The zero-order valence-corrected chi connectivity index (χ0v) is 14.6. The number of anilines is 1. The van der Waals surface area contributed by atoms with Gasteiger partial charge in [0.05, 0.1) is 10.4 Å². The van der Waals surface area contributed by atoms with Gasteiger partial charge in [0.15, 0.2) is 0 Å². The van der Waals surface area contributed by atoms with Crippen molar-refractivity contribution >= 4 is 34.7 Å². The zero-order valence-electron chi connectivity index (χ0n) is 12.9. The Kier molecular flexibility index (Phi) is 5.32. The van der Waals surface area contributed by atoms with Crippen molar-refractivity contribution in [1.29, 1.82) is 0 Å². The second-order valence-corrected chi connectivity index (χ2v) is 6.57. The fourth-order valence-corrected chi connectivity index (χ4v) is 3.20. The van der Waals surface area contributed by atoms with E-state index in [1.165, 1.54) is 11.8 Å². The molecular formula is C19H14N2OS2. The van der Waals surface area contributed by atoms with Gasteiger partial charge >= 0.3 is 0 Å². The number of nitrogens with one attached hydrogen (secondary N) is 1. The average molecular weight is 350 g/mol. The molecule has 0 fully saturated rings. The molecule has 5 heteroatoms. The molecule has 24 heavy (non-hydrogen) atoms. The maximum absolute atomic E-state index is 12.5. The van der Waals surface area contributed by atoms with Crippen LogP contribution in [0.3, 0.4) is 0 Å². The van der Waals surface area contributed by atoms with Crippen LogP contribution in [0, 0.1) is 11.8 Å². The highest BCUT2D eigenvalue weighted by Gasteiger charge is 2.11. The Morgan fingerprint density at radius 1 is 1.17 bits per heavy atom. The van der Waals surface area contributed by atoms with Crippen LogP contribution >= 0.6 is 23.1 Å². The molecule has 118 valence electrons. The van der Waals surface area contributed by atoms with Gasteiger partial charge in [-0.2, -0.15) is 0 Å². The van der Waals surface area contributed by atoms with E-state index < -0.39 is 0 Å². The number of hydrogen-bond donors (Lipinski definition) is 1. The largest absolute Gasteiger partial charge is 0.322 e. The van der Waals surface area contributed by atoms with Crippen molar-refractivity contribution in [2.24, 2.45) is 0 Å². The maximum atomic E-state index is 12.5. The predicted molar refractivity (Wildman–Crippen MR) is 101 cm³/mol. The van der Waals surface area contributed by atoms with E-state index >= 15 is 0 Å². The summed E-state index contributed by atoms with van der Waals surface area (Å²) in [4.78, 5) is 17.7. The third-order valence-corrected chi connectivity index (χ3v) is 4.68. The predicted octanol–water partition coefficient (Wildman–Crippen LogP) is 4.52. The second kappa shape index (κ2) is 7.82. The molecule has 0 aliphatic heterocycles. The molecule has 3 rings (SSSR count). The van der Waals surface area contributed by atoms with Crippen LogP contribution in [0.4, 0.5) is 5.69 Å². The van der Waals surface area contributed by atoms with E-state index in [4.69, 9.17) is 0 Å². The lowest BCUT2D eigenvalue weighted by molar-refractivity contribution is 0.102. The van der Waals surface area contributed by atoms with Crippen molar-refractivity contribution in [2.45, 2.75) is 5.03 Å². The first-order valence-corrected chi connectivity index (χ1v) is 9.32. The smallest absolute Gasteiger partial charge is 0.258 e. The highest BCUT2D eigenvalue weighted by atomic mass is 32.2. The van der Waals surface area contributed by atoms with E-state index in [9.17, 15) is 4.79 Å². The van der Waals surface area contributed by atoms with Crippen LogP contribution in [0.25, 0.3) is 0 Å². The van der Waals surface area contributed by atoms with Gasteiger partial charge in [-0.25, -0.2) is 4.98 Å². The summed E-state index contributed by atoms with van der Waals surface area (Å²) < 4.78 is 0. The minimum absolute atomic E-state index is 0.171. The monoisotopic (exact) mass is 350 g/mol. The summed E-state index contributed by atoms with van der Waals surface area (Å²) in [7, 11) is 0. The molecule has 0 spiro atoms. The molecule has 1 aromatic carbocycles. The van der Waals surface area contributed by atoms with Gasteiger partial charge in [-0.15, -0.1) is 23.1 Å². The average Bonchev–Trinajstić information content (AvgIpc) is 3.14. The fourth-order valence-electron chi connectivity index (χ4n) is 2.08. The van der Waals surface area contributed by atoms with Crippen LogP contribution in [-0.2, 0) is 0 Å². The summed E-state index contributed by atoms with van der Waals surface area (Å²) in [6, 6.07) is 15.0. The Bertz CT molecular complexity index is 908. The molecule has 0 bridgehead atoms. The Morgan fingerprint density at radius 2 is 2.08 bits per heavy atom. The Hall–Kier alpha value is -2.55. The number of nitrogens with zero attached hydrogens (tertiary/aromatic N) is 1. The Balaban J connectivity index is 1.78. The maximum Gasteiger partial charge on any atom is 0.258 e. The molecule has 0 atom stereocenters. The van der Waals surface area contributed by atoms with E-state index in [-0.39, 0.29) is 5.91 Å². The van der Waals surface area contributed by atoms with Gasteiger partial charge < -0.3 is 5.32 Å². The number of hydrogen-bond acceptors (Lipinski definition) is 4. The van der Waals surface area contributed by atoms with Gasteiger partial charge in [0.1, 0.15) is 5.03 Å². The molecule has 0 unspecified atom stereocenters. The first kappa shape index (κ1) is 16.3. The van der Waals surface area contributed by atoms with Crippen LogP contribution in [0.2, 0.25) is 0 Å². The van der Waals surface area contributed by atoms with Gasteiger partial charge in [0.25, 0.3) is 5.91 Å². The minimum atomic E-state index is -0.171. The molecule has 1 amide bonds. The quantitative estimate of drug-likeness (QED) is 0.558. The standard InChI is InChI=1S/C19H14N2OS2/c1-23-19-17(8-3-11-20-19)18(22)21-15-6-2-5-14(13-15)9-10-16-7-4-12-24-16/h2-8,11-13H,1H3,(H,21,22). The molecule has 2 aromatic heterocycles. The third kappa shape index (κ3) is 4.05. The van der Waals surface area contributed by atoms with Crippen LogP contribution in [0.5, 0.6) is 0 Å². The van der Waals surface area contributed by atoms with Gasteiger partial charge in [-0.3, -0.25) is 4.79 Å². The SMILES string of the molecule is CSc1ncccc1C(=O)Nc1cccc(C#Cc2cccs2)c1. The summed E-state index contributed by atoms with van der Waals surface area (Å²) in [5.41, 5.74) is 2.14. The normalized spacial score (nSPS) is 9.88. The summed E-state index contributed by atoms with van der Waals surface area (Å²) in [5.74, 6) is 6.06. The molecule has 0 aliphatic carbocycles. The number of amides is 1. The number of carbonyl (C=O) groups excluding carboxylic acids is 1. The Labute approximate surface area is 149 Å². The zero-order chi connectivity index (χ0) is 16.8. The highest BCUT2D eigenvalue weighted by Crippen LogP contribution is 2.19. The number of rotatable bonds is 3. The molecule has 0 saturated carbocycles. The van der Waals surface area contributed by atoms with Crippen LogP contribution in [0.15, 0.2) is 65.1 Å². The second-order valence-electron chi connectivity index (χ2n) is 4.82. The number of thioether (sulfide) groups is 1. The summed E-state index contributed by atoms with van der Waals surface area (Å²) >= 11 is 3.06. The number of benzene rings is 1. The molecular weight excluding hydrogens is 336 g/mol. The van der Waals surface area contributed by atoms with Crippen molar-refractivity contribution in [3.05, 3.63) is 76.1 Å². The van der Waals surface area contributed by atoms with Gasteiger partial charge in [-0.05, 0) is 48.0 Å². The first-order valence-electron chi connectivity index (χ1n) is 7.22. The van der Waals surface area contributed by atoms with E-state index in [1.807, 2.05) is 48.0 Å². The molecule has 0 radical (unpaired) electrons. The van der Waals surface area contributed by atoms with E-state index in [1.54, 1.807) is 29.7 Å². The number of thiophene rings is 1. The fraction of sp³-hybridized carbons (Fsp3) is 0.0526. The van der Waals surface area contributed by atoms with Crippen LogP contribution in [-0.4, -0.2) is 17.1 Å². The van der Waals surface area contributed by atoms with Crippen LogP contribution in [0.1, 0.15) is 20.8 Å². The van der Waals surface area contributed by atoms with Gasteiger partial charge in [0.2, 0.25) is 0 Å². The summed E-state index contributed by atoms with van der Waals surface area (Å²) in [5, 5.41) is 5.62. The van der Waals surface area contributed by atoms with Crippen molar-refractivity contribution in [1.82, 2.24) is 4.98 Å². The molecule has 0 aliphatic rings. The highest BCUT2D eigenvalue weighted by molar-refractivity contribution is 7.98. The molecule has 1 N–H and O–H groups in total. The van der Waals surface area contributed by atoms with E-state index in [0.29, 0.717) is 16.3 Å². The van der Waals surface area contributed by atoms with Crippen molar-refractivity contribution in [3.63, 3.8) is 0 Å². The van der Waals surface area contributed by atoms with Crippen LogP contribution < -0.4 is 5.32 Å². The van der Waals surface area contributed by atoms with Gasteiger partial charge in [-0.1, -0.05) is 24.0 Å². The summed E-state index contributed by atoms with van der Waals surface area (Å²) in [6.45, 7) is 0. The summed E-state index contributed by atoms with van der Waals surface area (Å²) in [6.07, 6.45) is 3.59. The van der Waals surface area contributed by atoms with Crippen molar-refractivity contribution < 1.29 is 4.79 Å².